The van der Waals surface area contributed by atoms with Crippen LogP contribution < -0.4 is 16.0 Å². The molecule has 2 amide bonds. The maximum atomic E-state index is 12.6. The van der Waals surface area contributed by atoms with Crippen LogP contribution in [0.3, 0.4) is 0 Å². The van der Waals surface area contributed by atoms with E-state index in [2.05, 4.69) is 37.8 Å². The molecule has 0 atom stereocenters. The van der Waals surface area contributed by atoms with E-state index in [0.29, 0.717) is 23.5 Å². The Hall–Kier alpha value is -3.75. The Morgan fingerprint density at radius 1 is 0.857 bits per heavy atom. The van der Waals surface area contributed by atoms with Crippen molar-refractivity contribution in [2.75, 3.05) is 56.9 Å². The van der Waals surface area contributed by atoms with Crippen LogP contribution in [0.2, 0.25) is 0 Å². The van der Waals surface area contributed by atoms with Gasteiger partial charge < -0.3 is 25.8 Å². The monoisotopic (exact) mass is 472 g/mol. The molecule has 1 saturated heterocycles. The SMILES string of the molecule is CN1CCN(CCCNC(=O)c2cccc(Nc3ccc(C(=O)Nc4ccccn4)cc3)c2)CC1. The minimum absolute atomic E-state index is 0.0754. The molecule has 3 aromatic rings. The van der Waals surface area contributed by atoms with Gasteiger partial charge in [0.25, 0.3) is 11.8 Å². The van der Waals surface area contributed by atoms with Gasteiger partial charge in [0, 0.05) is 61.4 Å². The van der Waals surface area contributed by atoms with Gasteiger partial charge >= 0.3 is 0 Å². The fourth-order valence-electron chi connectivity index (χ4n) is 3.91. The molecule has 8 nitrogen and oxygen atoms in total. The summed E-state index contributed by atoms with van der Waals surface area (Å²) in [4.78, 5) is 33.9. The topological polar surface area (TPSA) is 89.6 Å². The predicted molar refractivity (Wildman–Crippen MR) is 139 cm³/mol. The van der Waals surface area contributed by atoms with Crippen molar-refractivity contribution in [2.45, 2.75) is 6.42 Å². The van der Waals surface area contributed by atoms with E-state index in [-0.39, 0.29) is 11.8 Å². The number of likely N-dealkylation sites (N-methyl/N-ethyl adjacent to an activating group) is 1. The van der Waals surface area contributed by atoms with Gasteiger partial charge in [0.05, 0.1) is 0 Å². The number of hydrogen-bond donors (Lipinski definition) is 3. The first kappa shape index (κ1) is 24.4. The van der Waals surface area contributed by atoms with E-state index < -0.39 is 0 Å². The van der Waals surface area contributed by atoms with Crippen molar-refractivity contribution in [1.29, 1.82) is 0 Å². The molecule has 35 heavy (non-hydrogen) atoms. The van der Waals surface area contributed by atoms with Crippen LogP contribution in [0.4, 0.5) is 17.2 Å². The highest BCUT2D eigenvalue weighted by atomic mass is 16.2. The van der Waals surface area contributed by atoms with Crippen LogP contribution in [-0.2, 0) is 0 Å². The van der Waals surface area contributed by atoms with E-state index in [0.717, 1.165) is 50.5 Å². The molecular weight excluding hydrogens is 440 g/mol. The van der Waals surface area contributed by atoms with Crippen LogP contribution in [0.1, 0.15) is 27.1 Å². The zero-order valence-corrected chi connectivity index (χ0v) is 20.0. The minimum atomic E-state index is -0.221. The molecule has 4 rings (SSSR count). The lowest BCUT2D eigenvalue weighted by atomic mass is 10.1. The second kappa shape index (κ2) is 12.1. The summed E-state index contributed by atoms with van der Waals surface area (Å²) in [5, 5.41) is 9.09. The first-order valence-electron chi connectivity index (χ1n) is 12.0. The fraction of sp³-hybridized carbons (Fsp3) is 0.296. The summed E-state index contributed by atoms with van der Waals surface area (Å²) in [6.45, 7) is 6.05. The molecule has 1 aromatic heterocycles. The second-order valence-corrected chi connectivity index (χ2v) is 8.71. The van der Waals surface area contributed by atoms with Crippen molar-refractivity contribution >= 4 is 29.0 Å². The number of anilines is 3. The van der Waals surface area contributed by atoms with Gasteiger partial charge in [0.15, 0.2) is 0 Å². The van der Waals surface area contributed by atoms with Gasteiger partial charge in [0.2, 0.25) is 0 Å². The average Bonchev–Trinajstić information content (AvgIpc) is 2.89. The molecule has 0 spiro atoms. The second-order valence-electron chi connectivity index (χ2n) is 8.71. The Morgan fingerprint density at radius 3 is 2.40 bits per heavy atom. The Balaban J connectivity index is 1.25. The number of pyridine rings is 1. The van der Waals surface area contributed by atoms with Crippen LogP contribution in [0, 0.1) is 0 Å². The van der Waals surface area contributed by atoms with Gasteiger partial charge in [0.1, 0.15) is 5.82 Å². The van der Waals surface area contributed by atoms with Crippen LogP contribution in [0.5, 0.6) is 0 Å². The third-order valence-corrected chi connectivity index (χ3v) is 6.00. The highest BCUT2D eigenvalue weighted by Gasteiger charge is 2.13. The lowest BCUT2D eigenvalue weighted by Crippen LogP contribution is -2.45. The third kappa shape index (κ3) is 7.37. The lowest BCUT2D eigenvalue weighted by Gasteiger charge is -2.32. The normalized spacial score (nSPS) is 14.3. The van der Waals surface area contributed by atoms with Crippen molar-refractivity contribution in [2.24, 2.45) is 0 Å². The number of nitrogens with one attached hydrogen (secondary N) is 3. The Morgan fingerprint density at radius 2 is 1.66 bits per heavy atom. The molecule has 0 bridgehead atoms. The smallest absolute Gasteiger partial charge is 0.256 e. The van der Waals surface area contributed by atoms with Gasteiger partial charge in [-0.1, -0.05) is 12.1 Å². The highest BCUT2D eigenvalue weighted by molar-refractivity contribution is 6.04. The van der Waals surface area contributed by atoms with Crippen molar-refractivity contribution in [3.8, 4) is 0 Å². The van der Waals surface area contributed by atoms with Gasteiger partial charge in [-0.2, -0.15) is 0 Å². The largest absolute Gasteiger partial charge is 0.356 e. The fourth-order valence-corrected chi connectivity index (χ4v) is 3.91. The highest BCUT2D eigenvalue weighted by Crippen LogP contribution is 2.19. The standard InChI is InChI=1S/C27H32N6O2/c1-32-16-18-33(19-17-32)15-5-14-29-26(34)22-6-4-7-24(20-22)30-23-11-9-21(10-12-23)27(35)31-25-8-2-3-13-28-25/h2-4,6-13,20,30H,5,14-19H2,1H3,(H,29,34)(H,28,31,35). The molecule has 0 saturated carbocycles. The molecule has 3 N–H and O–H groups in total. The van der Waals surface area contributed by atoms with Crippen LogP contribution in [0.15, 0.2) is 72.9 Å². The predicted octanol–water partition coefficient (Wildman–Crippen LogP) is 3.44. The first-order chi connectivity index (χ1) is 17.1. The number of carbonyl (C=O) groups excluding carboxylic acids is 2. The summed E-state index contributed by atoms with van der Waals surface area (Å²) < 4.78 is 0. The quantitative estimate of drug-likeness (QED) is 0.414. The zero-order chi connectivity index (χ0) is 24.5. The maximum absolute atomic E-state index is 12.6. The number of hydrogen-bond acceptors (Lipinski definition) is 6. The number of rotatable bonds is 9. The van der Waals surface area contributed by atoms with E-state index in [1.165, 1.54) is 0 Å². The molecule has 2 aromatic carbocycles. The molecule has 1 aliphatic heterocycles. The number of amides is 2. The van der Waals surface area contributed by atoms with Gasteiger partial charge in [-0.25, -0.2) is 4.98 Å². The summed E-state index contributed by atoms with van der Waals surface area (Å²) in [5.74, 6) is 0.212. The summed E-state index contributed by atoms with van der Waals surface area (Å²) in [7, 11) is 2.15. The van der Waals surface area contributed by atoms with Crippen LogP contribution >= 0.6 is 0 Å². The van der Waals surface area contributed by atoms with Crippen molar-refractivity contribution in [3.63, 3.8) is 0 Å². The van der Waals surface area contributed by atoms with Crippen LogP contribution in [-0.4, -0.2) is 72.9 Å². The van der Waals surface area contributed by atoms with E-state index in [1.54, 1.807) is 30.5 Å². The molecular formula is C27H32N6O2. The molecule has 8 heteroatoms. The molecule has 1 aliphatic rings. The molecule has 0 radical (unpaired) electrons. The van der Waals surface area contributed by atoms with E-state index in [4.69, 9.17) is 0 Å². The Bertz CT molecular complexity index is 1110. The van der Waals surface area contributed by atoms with Crippen LogP contribution in [0.25, 0.3) is 0 Å². The number of benzene rings is 2. The molecule has 2 heterocycles. The molecule has 1 fully saturated rings. The number of aromatic nitrogens is 1. The van der Waals surface area contributed by atoms with E-state index >= 15 is 0 Å². The van der Waals surface area contributed by atoms with E-state index in [9.17, 15) is 9.59 Å². The van der Waals surface area contributed by atoms with Gasteiger partial charge in [-0.3, -0.25) is 9.59 Å². The molecule has 0 aliphatic carbocycles. The summed E-state index contributed by atoms with van der Waals surface area (Å²) in [6, 6.07) is 19.9. The summed E-state index contributed by atoms with van der Waals surface area (Å²) >= 11 is 0. The number of piperazine rings is 1. The molecule has 0 unspecified atom stereocenters. The van der Waals surface area contributed by atoms with Gasteiger partial charge in [-0.05, 0) is 74.6 Å². The first-order valence-corrected chi connectivity index (χ1v) is 12.0. The number of nitrogens with zero attached hydrogens (tertiary/aromatic N) is 3. The zero-order valence-electron chi connectivity index (χ0n) is 20.0. The van der Waals surface area contributed by atoms with Crippen molar-refractivity contribution in [1.82, 2.24) is 20.1 Å². The van der Waals surface area contributed by atoms with Crippen molar-refractivity contribution < 1.29 is 9.59 Å². The van der Waals surface area contributed by atoms with E-state index in [1.807, 2.05) is 42.5 Å². The maximum Gasteiger partial charge on any atom is 0.256 e. The number of carbonyl (C=O) groups is 2. The third-order valence-electron chi connectivity index (χ3n) is 6.00. The summed E-state index contributed by atoms with van der Waals surface area (Å²) in [5.41, 5.74) is 2.77. The average molecular weight is 473 g/mol. The minimum Gasteiger partial charge on any atom is -0.356 e. The summed E-state index contributed by atoms with van der Waals surface area (Å²) in [6.07, 6.45) is 2.57. The van der Waals surface area contributed by atoms with Gasteiger partial charge in [-0.15, -0.1) is 0 Å². The molecule has 182 valence electrons. The van der Waals surface area contributed by atoms with Crippen molar-refractivity contribution in [3.05, 3.63) is 84.1 Å². The Labute approximate surface area is 206 Å². The Kier molecular flexibility index (Phi) is 8.43. The lowest BCUT2D eigenvalue weighted by molar-refractivity contribution is 0.0948.